The van der Waals surface area contributed by atoms with Gasteiger partial charge in [0.05, 0.1) is 12.1 Å². The highest BCUT2D eigenvalue weighted by molar-refractivity contribution is 5.91. The van der Waals surface area contributed by atoms with Gasteiger partial charge >= 0.3 is 5.69 Å². The first-order valence-corrected chi connectivity index (χ1v) is 9.10. The molecule has 0 aliphatic heterocycles. The van der Waals surface area contributed by atoms with Crippen molar-refractivity contribution in [3.63, 3.8) is 0 Å². The fourth-order valence-corrected chi connectivity index (χ4v) is 3.17. The summed E-state index contributed by atoms with van der Waals surface area (Å²) in [6.45, 7) is -0.129. The van der Waals surface area contributed by atoms with E-state index in [-0.39, 0.29) is 24.5 Å². The number of carbonyl (C=O) groups excluding carboxylic acids is 1. The molecule has 0 bridgehead atoms. The predicted molar refractivity (Wildman–Crippen MR) is 111 cm³/mol. The molecule has 0 unspecified atom stereocenters. The summed E-state index contributed by atoms with van der Waals surface area (Å²) in [5.41, 5.74) is 0.884. The van der Waals surface area contributed by atoms with Gasteiger partial charge in [-0.25, -0.2) is 9.78 Å². The second-order valence-electron chi connectivity index (χ2n) is 6.53. The van der Waals surface area contributed by atoms with Crippen LogP contribution in [0.25, 0.3) is 11.0 Å². The third-order valence-corrected chi connectivity index (χ3v) is 4.53. The number of anilines is 1. The number of amides is 1. The summed E-state index contributed by atoms with van der Waals surface area (Å²) in [5, 5.41) is 2.76. The van der Waals surface area contributed by atoms with Gasteiger partial charge in [-0.15, -0.1) is 0 Å². The molecular weight excluding hydrogens is 368 g/mol. The van der Waals surface area contributed by atoms with Crippen LogP contribution in [0.3, 0.4) is 0 Å². The zero-order valence-electron chi connectivity index (χ0n) is 15.5. The zero-order chi connectivity index (χ0) is 20.2. The molecule has 0 atom stereocenters. The van der Waals surface area contributed by atoms with Gasteiger partial charge in [0, 0.05) is 11.9 Å². The van der Waals surface area contributed by atoms with E-state index in [0.717, 1.165) is 10.1 Å². The van der Waals surface area contributed by atoms with Crippen LogP contribution < -0.4 is 16.6 Å². The van der Waals surface area contributed by atoms with Crippen LogP contribution in [0.4, 0.5) is 5.69 Å². The van der Waals surface area contributed by atoms with Crippen molar-refractivity contribution in [2.24, 2.45) is 0 Å². The molecule has 2 aromatic carbocycles. The molecular formula is C22H18N4O3. The number of nitrogens with zero attached hydrogens (tertiary/aromatic N) is 3. The van der Waals surface area contributed by atoms with E-state index in [1.807, 2.05) is 36.4 Å². The maximum absolute atomic E-state index is 13.1. The minimum atomic E-state index is -0.553. The number of rotatable bonds is 5. The highest BCUT2D eigenvalue weighted by Gasteiger charge is 2.16. The van der Waals surface area contributed by atoms with Crippen molar-refractivity contribution < 1.29 is 4.79 Å². The molecule has 7 nitrogen and oxygen atoms in total. The van der Waals surface area contributed by atoms with Gasteiger partial charge in [0.25, 0.3) is 5.56 Å². The molecule has 7 heteroatoms. The molecule has 0 spiro atoms. The van der Waals surface area contributed by atoms with E-state index in [4.69, 9.17) is 0 Å². The molecule has 0 aliphatic rings. The SMILES string of the molecule is O=C(Cn1c(=O)n(Cc2ccccc2)c(=O)c2ncccc21)Nc1ccccc1. The number of carbonyl (C=O) groups is 1. The number of benzene rings is 2. The second-order valence-corrected chi connectivity index (χ2v) is 6.53. The molecule has 144 valence electrons. The molecule has 4 rings (SSSR count). The topological polar surface area (TPSA) is 86.0 Å². The van der Waals surface area contributed by atoms with Crippen molar-refractivity contribution in [1.82, 2.24) is 14.1 Å². The zero-order valence-corrected chi connectivity index (χ0v) is 15.5. The van der Waals surface area contributed by atoms with Crippen LogP contribution in [0.15, 0.2) is 88.6 Å². The highest BCUT2D eigenvalue weighted by atomic mass is 16.2. The Labute approximate surface area is 165 Å². The lowest BCUT2D eigenvalue weighted by Gasteiger charge is -2.14. The van der Waals surface area contributed by atoms with Crippen molar-refractivity contribution in [2.75, 3.05) is 5.32 Å². The molecule has 0 saturated carbocycles. The number of nitrogens with one attached hydrogen (secondary N) is 1. The molecule has 1 amide bonds. The summed E-state index contributed by atoms with van der Waals surface area (Å²) in [4.78, 5) is 42.7. The molecule has 2 aromatic heterocycles. The fourth-order valence-electron chi connectivity index (χ4n) is 3.17. The Balaban J connectivity index is 1.77. The van der Waals surface area contributed by atoms with Crippen LogP contribution in [0.1, 0.15) is 5.56 Å². The Morgan fingerprint density at radius 3 is 2.28 bits per heavy atom. The van der Waals surface area contributed by atoms with Gasteiger partial charge in [0.1, 0.15) is 6.54 Å². The lowest BCUT2D eigenvalue weighted by Crippen LogP contribution is -2.42. The largest absolute Gasteiger partial charge is 0.332 e. The third kappa shape index (κ3) is 3.84. The molecule has 29 heavy (non-hydrogen) atoms. The highest BCUT2D eigenvalue weighted by Crippen LogP contribution is 2.08. The van der Waals surface area contributed by atoms with Crippen LogP contribution in [0.2, 0.25) is 0 Å². The number of hydrogen-bond acceptors (Lipinski definition) is 4. The summed E-state index contributed by atoms with van der Waals surface area (Å²) in [6, 6.07) is 21.4. The number of para-hydroxylation sites is 1. The molecule has 0 radical (unpaired) electrons. The van der Waals surface area contributed by atoms with Gasteiger partial charge in [-0.3, -0.25) is 18.7 Å². The van der Waals surface area contributed by atoms with E-state index in [0.29, 0.717) is 11.2 Å². The van der Waals surface area contributed by atoms with E-state index in [2.05, 4.69) is 10.3 Å². The Kier molecular flexibility index (Phi) is 5.03. The maximum atomic E-state index is 13.1. The monoisotopic (exact) mass is 386 g/mol. The number of aromatic nitrogens is 3. The molecule has 0 fully saturated rings. The van der Waals surface area contributed by atoms with E-state index < -0.39 is 11.2 Å². The average molecular weight is 386 g/mol. The minimum absolute atomic E-state index is 0.103. The first kappa shape index (κ1) is 18.4. The van der Waals surface area contributed by atoms with Crippen LogP contribution >= 0.6 is 0 Å². The lowest BCUT2D eigenvalue weighted by molar-refractivity contribution is -0.116. The summed E-state index contributed by atoms with van der Waals surface area (Å²) in [6.07, 6.45) is 1.50. The summed E-state index contributed by atoms with van der Waals surface area (Å²) < 4.78 is 2.39. The third-order valence-electron chi connectivity index (χ3n) is 4.53. The number of fused-ring (bicyclic) bond motifs is 1. The molecule has 2 heterocycles. The summed E-state index contributed by atoms with van der Waals surface area (Å²) in [7, 11) is 0. The van der Waals surface area contributed by atoms with Crippen molar-refractivity contribution in [3.8, 4) is 0 Å². The van der Waals surface area contributed by atoms with Crippen LogP contribution in [0.5, 0.6) is 0 Å². The fraction of sp³-hybridized carbons (Fsp3) is 0.0909. The second kappa shape index (κ2) is 7.93. The van der Waals surface area contributed by atoms with Gasteiger partial charge in [0.15, 0.2) is 5.52 Å². The van der Waals surface area contributed by atoms with E-state index in [1.165, 1.54) is 10.8 Å². The van der Waals surface area contributed by atoms with Crippen LogP contribution in [-0.2, 0) is 17.9 Å². The minimum Gasteiger partial charge on any atom is -0.325 e. The Hall–Kier alpha value is -4.00. The first-order chi connectivity index (χ1) is 14.1. The van der Waals surface area contributed by atoms with Crippen molar-refractivity contribution in [2.45, 2.75) is 13.1 Å². The van der Waals surface area contributed by atoms with Gasteiger partial charge < -0.3 is 5.32 Å². The summed E-state index contributed by atoms with van der Waals surface area (Å²) in [5.74, 6) is -0.367. The molecule has 0 saturated heterocycles. The Bertz CT molecular complexity index is 1280. The molecule has 0 aliphatic carbocycles. The van der Waals surface area contributed by atoms with Gasteiger partial charge in [0.2, 0.25) is 5.91 Å². The first-order valence-electron chi connectivity index (χ1n) is 9.10. The average Bonchev–Trinajstić information content (AvgIpc) is 2.75. The van der Waals surface area contributed by atoms with Crippen LogP contribution in [0, 0.1) is 0 Å². The van der Waals surface area contributed by atoms with Gasteiger partial charge in [-0.1, -0.05) is 48.5 Å². The van der Waals surface area contributed by atoms with Crippen molar-refractivity contribution in [3.05, 3.63) is 105 Å². The normalized spacial score (nSPS) is 10.8. The smallest absolute Gasteiger partial charge is 0.325 e. The van der Waals surface area contributed by atoms with Gasteiger partial charge in [-0.2, -0.15) is 0 Å². The molecule has 1 N–H and O–H groups in total. The standard InChI is InChI=1S/C22H18N4O3/c27-19(24-17-10-5-2-6-11-17)15-25-18-12-7-13-23-20(18)21(28)26(22(25)29)14-16-8-3-1-4-9-16/h1-13H,14-15H2,(H,24,27). The number of hydrogen-bond donors (Lipinski definition) is 1. The lowest BCUT2D eigenvalue weighted by atomic mass is 10.2. The van der Waals surface area contributed by atoms with Crippen molar-refractivity contribution in [1.29, 1.82) is 0 Å². The Morgan fingerprint density at radius 1 is 0.862 bits per heavy atom. The van der Waals surface area contributed by atoms with E-state index in [9.17, 15) is 14.4 Å². The van der Waals surface area contributed by atoms with Crippen molar-refractivity contribution >= 4 is 22.6 Å². The van der Waals surface area contributed by atoms with Crippen LogP contribution in [-0.4, -0.2) is 20.0 Å². The van der Waals surface area contributed by atoms with Gasteiger partial charge in [-0.05, 0) is 29.8 Å². The molecule has 4 aromatic rings. The Morgan fingerprint density at radius 2 is 1.55 bits per heavy atom. The quantitative estimate of drug-likeness (QED) is 0.570. The predicted octanol–water partition coefficient (Wildman–Crippen LogP) is 2.25. The van der Waals surface area contributed by atoms with E-state index in [1.54, 1.807) is 36.4 Å². The number of pyridine rings is 1. The summed E-state index contributed by atoms with van der Waals surface area (Å²) >= 11 is 0. The maximum Gasteiger partial charge on any atom is 0.332 e. The van der Waals surface area contributed by atoms with E-state index >= 15 is 0 Å².